The molecule has 0 aromatic heterocycles. The van der Waals surface area contributed by atoms with Gasteiger partial charge < -0.3 is 4.74 Å². The second-order valence-electron chi connectivity index (χ2n) is 2.59. The van der Waals surface area contributed by atoms with E-state index in [1.807, 2.05) is 0 Å². The summed E-state index contributed by atoms with van der Waals surface area (Å²) in [5.74, 6) is 0.810. The lowest BCUT2D eigenvalue weighted by molar-refractivity contribution is 0.179. The molecule has 0 spiro atoms. The van der Waals surface area contributed by atoms with Crippen LogP contribution in [0.3, 0.4) is 0 Å². The summed E-state index contributed by atoms with van der Waals surface area (Å²) in [6, 6.07) is 0. The first-order valence-corrected chi connectivity index (χ1v) is 5.02. The van der Waals surface area contributed by atoms with Crippen LogP contribution in [0.1, 0.15) is 26.2 Å². The smallest absolute Gasteiger partial charge is 0.0465 e. The van der Waals surface area contributed by atoms with Gasteiger partial charge in [-0.25, -0.2) is 0 Å². The minimum atomic E-state index is 0.810. The van der Waals surface area contributed by atoms with E-state index in [1.165, 1.54) is 19.3 Å². The van der Waals surface area contributed by atoms with Gasteiger partial charge in [0.25, 0.3) is 0 Å². The minimum Gasteiger partial charge on any atom is -0.385 e. The first-order valence-electron chi connectivity index (χ1n) is 3.90. The van der Waals surface area contributed by atoms with Crippen molar-refractivity contribution in [3.63, 3.8) is 0 Å². The van der Waals surface area contributed by atoms with E-state index in [0.29, 0.717) is 0 Å². The topological polar surface area (TPSA) is 9.23 Å². The Morgan fingerprint density at radius 2 is 2.10 bits per heavy atom. The lowest BCUT2D eigenvalue weighted by atomic mass is 10.0. The molecule has 0 radical (unpaired) electrons. The maximum atomic E-state index is 5.00. The van der Waals surface area contributed by atoms with Crippen LogP contribution in [-0.4, -0.2) is 19.0 Å². The Bertz CT molecular complexity index is 66.3. The van der Waals surface area contributed by atoms with Crippen molar-refractivity contribution in [1.29, 1.82) is 0 Å². The second kappa shape index (κ2) is 7.55. The SMILES string of the molecule is CCCC(CBr)CCOC. The van der Waals surface area contributed by atoms with Crippen LogP contribution in [0.15, 0.2) is 0 Å². The van der Waals surface area contributed by atoms with E-state index in [0.717, 1.165) is 17.9 Å². The molecule has 0 rings (SSSR count). The molecule has 1 unspecified atom stereocenters. The van der Waals surface area contributed by atoms with Gasteiger partial charge in [-0.05, 0) is 18.8 Å². The molecule has 0 heterocycles. The first-order chi connectivity index (χ1) is 4.85. The summed E-state index contributed by atoms with van der Waals surface area (Å²) in [7, 11) is 1.76. The fourth-order valence-corrected chi connectivity index (χ4v) is 1.64. The first kappa shape index (κ1) is 10.4. The third-order valence-corrected chi connectivity index (χ3v) is 2.56. The van der Waals surface area contributed by atoms with Crippen molar-refractivity contribution in [2.75, 3.05) is 19.0 Å². The second-order valence-corrected chi connectivity index (χ2v) is 3.24. The summed E-state index contributed by atoms with van der Waals surface area (Å²) in [6.07, 6.45) is 3.78. The molecule has 0 aliphatic heterocycles. The van der Waals surface area contributed by atoms with E-state index in [1.54, 1.807) is 7.11 Å². The van der Waals surface area contributed by atoms with E-state index < -0.39 is 0 Å². The van der Waals surface area contributed by atoms with Gasteiger partial charge in [-0.3, -0.25) is 0 Å². The van der Waals surface area contributed by atoms with Crippen LogP contribution in [0.5, 0.6) is 0 Å². The van der Waals surface area contributed by atoms with E-state index in [4.69, 9.17) is 4.74 Å². The van der Waals surface area contributed by atoms with Crippen molar-refractivity contribution in [2.45, 2.75) is 26.2 Å². The molecule has 62 valence electrons. The predicted octanol–water partition coefficient (Wildman–Crippen LogP) is 2.83. The highest BCUT2D eigenvalue weighted by atomic mass is 79.9. The van der Waals surface area contributed by atoms with Gasteiger partial charge in [0, 0.05) is 19.0 Å². The maximum absolute atomic E-state index is 5.00. The molecule has 0 aliphatic carbocycles. The number of hydrogen-bond acceptors (Lipinski definition) is 1. The van der Waals surface area contributed by atoms with E-state index in [9.17, 15) is 0 Å². The summed E-state index contributed by atoms with van der Waals surface area (Å²) >= 11 is 3.49. The molecule has 0 fully saturated rings. The van der Waals surface area contributed by atoms with Gasteiger partial charge in [0.2, 0.25) is 0 Å². The Morgan fingerprint density at radius 1 is 1.40 bits per heavy atom. The quantitative estimate of drug-likeness (QED) is 0.611. The molecule has 0 aliphatic rings. The fraction of sp³-hybridized carbons (Fsp3) is 1.00. The Hall–Kier alpha value is 0.440. The third kappa shape index (κ3) is 5.24. The standard InChI is InChI=1S/C8H17BrO/c1-3-4-8(7-9)5-6-10-2/h8H,3-7H2,1-2H3. The molecule has 0 aromatic rings. The van der Waals surface area contributed by atoms with Crippen molar-refractivity contribution in [3.8, 4) is 0 Å². The van der Waals surface area contributed by atoms with Crippen molar-refractivity contribution < 1.29 is 4.74 Å². The molecule has 1 atom stereocenters. The molecule has 0 bridgehead atoms. The highest BCUT2D eigenvalue weighted by Gasteiger charge is 2.03. The van der Waals surface area contributed by atoms with Crippen LogP contribution in [0.4, 0.5) is 0 Å². The molecule has 1 nitrogen and oxygen atoms in total. The highest BCUT2D eigenvalue weighted by Crippen LogP contribution is 2.13. The zero-order chi connectivity index (χ0) is 7.82. The van der Waals surface area contributed by atoms with E-state index in [-0.39, 0.29) is 0 Å². The zero-order valence-electron chi connectivity index (χ0n) is 6.90. The van der Waals surface area contributed by atoms with Crippen LogP contribution >= 0.6 is 15.9 Å². The normalized spacial score (nSPS) is 13.5. The van der Waals surface area contributed by atoms with E-state index in [2.05, 4.69) is 22.9 Å². The Labute approximate surface area is 72.3 Å². The fourth-order valence-electron chi connectivity index (χ4n) is 0.991. The van der Waals surface area contributed by atoms with Crippen molar-refractivity contribution in [1.82, 2.24) is 0 Å². The van der Waals surface area contributed by atoms with Crippen LogP contribution in [0.2, 0.25) is 0 Å². The summed E-state index contributed by atoms with van der Waals surface area (Å²) in [5, 5.41) is 1.12. The van der Waals surface area contributed by atoms with Gasteiger partial charge in [-0.2, -0.15) is 0 Å². The van der Waals surface area contributed by atoms with Crippen LogP contribution < -0.4 is 0 Å². The van der Waals surface area contributed by atoms with Gasteiger partial charge in [-0.15, -0.1) is 0 Å². The molecule has 0 saturated carbocycles. The number of halogens is 1. The van der Waals surface area contributed by atoms with Gasteiger partial charge >= 0.3 is 0 Å². The van der Waals surface area contributed by atoms with Crippen LogP contribution in [0.25, 0.3) is 0 Å². The van der Waals surface area contributed by atoms with Gasteiger partial charge in [0.15, 0.2) is 0 Å². The van der Waals surface area contributed by atoms with Gasteiger partial charge in [0.05, 0.1) is 0 Å². The van der Waals surface area contributed by atoms with Crippen molar-refractivity contribution >= 4 is 15.9 Å². The molecule has 2 heteroatoms. The monoisotopic (exact) mass is 208 g/mol. The summed E-state index contributed by atoms with van der Waals surface area (Å²) in [5.41, 5.74) is 0. The Balaban J connectivity index is 3.21. The average molecular weight is 209 g/mol. The largest absolute Gasteiger partial charge is 0.385 e. The number of ether oxygens (including phenoxy) is 1. The average Bonchev–Trinajstić information content (AvgIpc) is 1.98. The lowest BCUT2D eigenvalue weighted by Crippen LogP contribution is -2.05. The van der Waals surface area contributed by atoms with Gasteiger partial charge in [0.1, 0.15) is 0 Å². The number of hydrogen-bond donors (Lipinski definition) is 0. The molecule has 10 heavy (non-hydrogen) atoms. The molecular weight excluding hydrogens is 192 g/mol. The number of methoxy groups -OCH3 is 1. The molecule has 0 saturated heterocycles. The summed E-state index contributed by atoms with van der Waals surface area (Å²) in [6.45, 7) is 3.12. The van der Waals surface area contributed by atoms with Crippen molar-refractivity contribution in [3.05, 3.63) is 0 Å². The van der Waals surface area contributed by atoms with Gasteiger partial charge in [-0.1, -0.05) is 29.3 Å². The van der Waals surface area contributed by atoms with E-state index >= 15 is 0 Å². The molecule has 0 amide bonds. The summed E-state index contributed by atoms with van der Waals surface area (Å²) < 4.78 is 5.00. The van der Waals surface area contributed by atoms with Crippen LogP contribution in [-0.2, 0) is 4.74 Å². The van der Waals surface area contributed by atoms with Crippen molar-refractivity contribution in [2.24, 2.45) is 5.92 Å². The predicted molar refractivity (Wildman–Crippen MR) is 48.7 cm³/mol. The third-order valence-electron chi connectivity index (χ3n) is 1.65. The molecule has 0 aromatic carbocycles. The molecule has 0 N–H and O–H groups in total. The Morgan fingerprint density at radius 3 is 2.50 bits per heavy atom. The molecular formula is C8H17BrO. The zero-order valence-corrected chi connectivity index (χ0v) is 8.49. The maximum Gasteiger partial charge on any atom is 0.0465 e. The Kier molecular flexibility index (Phi) is 7.88. The number of rotatable bonds is 6. The number of alkyl halides is 1. The minimum absolute atomic E-state index is 0.810. The summed E-state index contributed by atoms with van der Waals surface area (Å²) in [4.78, 5) is 0. The van der Waals surface area contributed by atoms with Crippen LogP contribution in [0, 0.1) is 5.92 Å². The lowest BCUT2D eigenvalue weighted by Gasteiger charge is -2.10. The highest BCUT2D eigenvalue weighted by molar-refractivity contribution is 9.09.